The molecule has 1 aliphatic rings. The highest BCUT2D eigenvalue weighted by Crippen LogP contribution is 2.35. The summed E-state index contributed by atoms with van der Waals surface area (Å²) >= 11 is 0. The van der Waals surface area contributed by atoms with Crippen LogP contribution in [0.15, 0.2) is 66.7 Å². The van der Waals surface area contributed by atoms with Crippen LogP contribution < -0.4 is 10.6 Å². The Morgan fingerprint density at radius 3 is 2.33 bits per heavy atom. The third-order valence-electron chi connectivity index (χ3n) is 5.61. The first-order valence-electron chi connectivity index (χ1n) is 10.6. The number of halogens is 2. The fraction of sp³-hybridized carbons (Fsp3) is 0.192. The number of nitrogens with one attached hydrogen (secondary N) is 2. The summed E-state index contributed by atoms with van der Waals surface area (Å²) in [5.74, 6) is -2.82. The Hall–Kier alpha value is -3.87. The van der Waals surface area contributed by atoms with Crippen molar-refractivity contribution in [2.45, 2.75) is 31.8 Å². The van der Waals surface area contributed by atoms with E-state index in [1.165, 1.54) is 6.92 Å². The summed E-state index contributed by atoms with van der Waals surface area (Å²) in [6.45, 7) is 1.49. The smallest absolute Gasteiger partial charge is 0.243 e. The van der Waals surface area contributed by atoms with Gasteiger partial charge in [-0.3, -0.25) is 14.4 Å². The van der Waals surface area contributed by atoms with Crippen molar-refractivity contribution < 1.29 is 23.2 Å². The third kappa shape index (κ3) is 4.98. The van der Waals surface area contributed by atoms with Gasteiger partial charge in [-0.1, -0.05) is 48.5 Å². The average Bonchev–Trinajstić information content (AvgIpc) is 2.87. The van der Waals surface area contributed by atoms with Crippen LogP contribution in [0.25, 0.3) is 11.1 Å². The number of benzene rings is 3. The molecule has 0 heterocycles. The molecule has 2 atom stereocenters. The molecular weight excluding hydrogens is 426 g/mol. The summed E-state index contributed by atoms with van der Waals surface area (Å²) in [5.41, 5.74) is 3.55. The normalized spacial score (nSPS) is 15.6. The van der Waals surface area contributed by atoms with Crippen molar-refractivity contribution in [3.63, 3.8) is 0 Å². The molecule has 5 nitrogen and oxygen atoms in total. The predicted octanol–water partition coefficient (Wildman–Crippen LogP) is 3.66. The fourth-order valence-electron chi connectivity index (χ4n) is 4.08. The van der Waals surface area contributed by atoms with Gasteiger partial charge in [0, 0.05) is 12.5 Å². The summed E-state index contributed by atoms with van der Waals surface area (Å²) < 4.78 is 26.7. The predicted molar refractivity (Wildman–Crippen MR) is 119 cm³/mol. The number of amides is 2. The molecule has 2 N–H and O–H groups in total. The van der Waals surface area contributed by atoms with Gasteiger partial charge in [-0.2, -0.15) is 0 Å². The van der Waals surface area contributed by atoms with E-state index in [1.807, 2.05) is 48.5 Å². The lowest BCUT2D eigenvalue weighted by Crippen LogP contribution is -2.47. The molecule has 0 saturated carbocycles. The van der Waals surface area contributed by atoms with Gasteiger partial charge >= 0.3 is 0 Å². The number of fused-ring (bicyclic) bond motifs is 3. The summed E-state index contributed by atoms with van der Waals surface area (Å²) in [5, 5.41) is 5.28. The molecule has 168 valence electrons. The number of hydrogen-bond acceptors (Lipinski definition) is 3. The van der Waals surface area contributed by atoms with Crippen molar-refractivity contribution in [2.75, 3.05) is 0 Å². The molecule has 0 aromatic heterocycles. The van der Waals surface area contributed by atoms with E-state index in [4.69, 9.17) is 0 Å². The minimum absolute atomic E-state index is 0.156. The number of ketones is 1. The minimum Gasteiger partial charge on any atom is -0.344 e. The van der Waals surface area contributed by atoms with Crippen molar-refractivity contribution in [1.82, 2.24) is 10.6 Å². The van der Waals surface area contributed by atoms with Crippen LogP contribution in [0.4, 0.5) is 8.78 Å². The number of carbonyl (C=O) groups is 3. The Morgan fingerprint density at radius 2 is 1.61 bits per heavy atom. The molecule has 0 spiro atoms. The van der Waals surface area contributed by atoms with Gasteiger partial charge in [-0.25, -0.2) is 8.78 Å². The molecule has 7 heteroatoms. The minimum atomic E-state index is -0.957. The molecule has 1 aliphatic carbocycles. The van der Waals surface area contributed by atoms with Crippen LogP contribution in [-0.2, 0) is 27.2 Å². The maximum Gasteiger partial charge on any atom is 0.243 e. The third-order valence-corrected chi connectivity index (χ3v) is 5.61. The molecule has 0 radical (unpaired) electrons. The summed E-state index contributed by atoms with van der Waals surface area (Å²) in [4.78, 5) is 38.2. The fourth-order valence-corrected chi connectivity index (χ4v) is 4.08. The van der Waals surface area contributed by atoms with Crippen molar-refractivity contribution in [1.29, 1.82) is 0 Å². The molecule has 4 rings (SSSR count). The maximum absolute atomic E-state index is 13.4. The Bertz CT molecular complexity index is 1220. The van der Waals surface area contributed by atoms with Crippen LogP contribution in [0, 0.1) is 11.6 Å². The summed E-state index contributed by atoms with van der Waals surface area (Å²) in [7, 11) is 0. The molecule has 3 aromatic rings. The zero-order valence-corrected chi connectivity index (χ0v) is 17.9. The zero-order valence-electron chi connectivity index (χ0n) is 17.9. The van der Waals surface area contributed by atoms with Crippen LogP contribution in [0.3, 0.4) is 0 Å². The van der Waals surface area contributed by atoms with Crippen LogP contribution in [0.1, 0.15) is 29.7 Å². The van der Waals surface area contributed by atoms with Gasteiger partial charge in [0.05, 0.1) is 6.42 Å². The summed E-state index contributed by atoms with van der Waals surface area (Å²) in [6, 6.07) is 16.0. The highest BCUT2D eigenvalue weighted by atomic mass is 19.1. The van der Waals surface area contributed by atoms with E-state index >= 15 is 0 Å². The van der Waals surface area contributed by atoms with Crippen molar-refractivity contribution in [2.24, 2.45) is 0 Å². The standard InChI is InChI=1S/C26H22F2N2O3/c1-15(29-24(32)12-16-10-18(27)14-19(28)11-16)26(33)30-25-22-9-5-4-8-21(22)20-7-3-2-6-17(20)13-23(25)31/h2-11,14-15,25H,12-13H2,1H3,(H,29,32)(H,30,33)/t15-,25?/m0/s1. The first-order chi connectivity index (χ1) is 15.8. The lowest BCUT2D eigenvalue weighted by Gasteiger charge is -2.21. The summed E-state index contributed by atoms with van der Waals surface area (Å²) in [6.07, 6.45) is -0.117. The Kier molecular flexibility index (Phi) is 6.31. The quantitative estimate of drug-likeness (QED) is 0.626. The molecule has 1 unspecified atom stereocenters. The Morgan fingerprint density at radius 1 is 0.970 bits per heavy atom. The topological polar surface area (TPSA) is 75.3 Å². The lowest BCUT2D eigenvalue weighted by molar-refractivity contribution is -0.131. The molecule has 0 bridgehead atoms. The van der Waals surface area contributed by atoms with Crippen LogP contribution >= 0.6 is 0 Å². The zero-order chi connectivity index (χ0) is 23.5. The van der Waals surface area contributed by atoms with Gasteiger partial charge in [-0.15, -0.1) is 0 Å². The van der Waals surface area contributed by atoms with Crippen LogP contribution in [0.2, 0.25) is 0 Å². The molecule has 33 heavy (non-hydrogen) atoms. The first kappa shape index (κ1) is 22.3. The largest absolute Gasteiger partial charge is 0.344 e. The Balaban J connectivity index is 1.48. The molecule has 0 fully saturated rings. The number of carbonyl (C=O) groups excluding carboxylic acids is 3. The number of rotatable bonds is 5. The molecule has 3 aromatic carbocycles. The van der Waals surface area contributed by atoms with Gasteiger partial charge in [0.2, 0.25) is 11.8 Å². The lowest BCUT2D eigenvalue weighted by atomic mass is 9.95. The SMILES string of the molecule is C[C@H](NC(=O)Cc1cc(F)cc(F)c1)C(=O)NC1C(=O)Cc2ccccc2-c2ccccc21. The van der Waals surface area contributed by atoms with Crippen molar-refractivity contribution >= 4 is 17.6 Å². The molecular formula is C26H22F2N2O3. The molecule has 0 saturated heterocycles. The van der Waals surface area contributed by atoms with E-state index in [1.54, 1.807) is 0 Å². The van der Waals surface area contributed by atoms with E-state index in [9.17, 15) is 23.2 Å². The maximum atomic E-state index is 13.4. The van der Waals surface area contributed by atoms with Gasteiger partial charge < -0.3 is 10.6 Å². The second-order valence-electron chi connectivity index (χ2n) is 8.07. The van der Waals surface area contributed by atoms with E-state index in [0.29, 0.717) is 5.56 Å². The number of hydrogen-bond donors (Lipinski definition) is 2. The van der Waals surface area contributed by atoms with Gasteiger partial charge in [0.15, 0.2) is 5.78 Å². The Labute approximate surface area is 189 Å². The van der Waals surface area contributed by atoms with Gasteiger partial charge in [-0.05, 0) is 46.9 Å². The highest BCUT2D eigenvalue weighted by Gasteiger charge is 2.31. The van der Waals surface area contributed by atoms with E-state index < -0.39 is 35.5 Å². The van der Waals surface area contributed by atoms with Crippen molar-refractivity contribution in [3.05, 3.63) is 95.1 Å². The van der Waals surface area contributed by atoms with Crippen LogP contribution in [-0.4, -0.2) is 23.6 Å². The van der Waals surface area contributed by atoms with Gasteiger partial charge in [0.1, 0.15) is 23.7 Å². The first-order valence-corrected chi connectivity index (χ1v) is 10.6. The average molecular weight is 448 g/mol. The van der Waals surface area contributed by atoms with E-state index in [-0.39, 0.29) is 24.2 Å². The molecule has 2 amide bonds. The van der Waals surface area contributed by atoms with Gasteiger partial charge in [0.25, 0.3) is 0 Å². The highest BCUT2D eigenvalue weighted by molar-refractivity contribution is 5.98. The van der Waals surface area contributed by atoms with E-state index in [0.717, 1.165) is 34.9 Å². The molecule has 0 aliphatic heterocycles. The second-order valence-corrected chi connectivity index (χ2v) is 8.07. The monoisotopic (exact) mass is 448 g/mol. The second kappa shape index (κ2) is 9.32. The van der Waals surface area contributed by atoms with Crippen molar-refractivity contribution in [3.8, 4) is 11.1 Å². The van der Waals surface area contributed by atoms with E-state index in [2.05, 4.69) is 10.6 Å². The van der Waals surface area contributed by atoms with Crippen LogP contribution in [0.5, 0.6) is 0 Å². The number of Topliss-reactive ketones (excluding diaryl/α,β-unsaturated/α-hetero) is 1.